The van der Waals surface area contributed by atoms with Gasteiger partial charge in [0, 0.05) is 25.7 Å². The fourth-order valence-electron chi connectivity index (χ4n) is 3.87. The average Bonchev–Trinajstić information content (AvgIpc) is 3.52. The molecule has 32 heavy (non-hydrogen) atoms. The Morgan fingerprint density at radius 3 is 2.50 bits per heavy atom. The third-order valence-electron chi connectivity index (χ3n) is 5.43. The van der Waals surface area contributed by atoms with Crippen LogP contribution in [0.4, 0.5) is 9.59 Å². The number of hydrogen-bond acceptors (Lipinski definition) is 4. The SMILES string of the molecule is CC(C)(C)OC(=O)N[C@@H]1C[C@@H](C(=O)N(Cc2cccc(Cl)c2Cl)C2CC2)CN(C(=O)O)C1. The van der Waals surface area contributed by atoms with Gasteiger partial charge in [0.15, 0.2) is 0 Å². The fraction of sp³-hybridized carbons (Fsp3) is 0.591. The molecule has 0 radical (unpaired) electrons. The summed E-state index contributed by atoms with van der Waals surface area (Å²) in [5.74, 6) is -0.733. The molecule has 0 bridgehead atoms. The maximum Gasteiger partial charge on any atom is 0.407 e. The maximum atomic E-state index is 13.5. The van der Waals surface area contributed by atoms with Crippen LogP contribution < -0.4 is 5.32 Å². The summed E-state index contributed by atoms with van der Waals surface area (Å²) in [7, 11) is 0. The molecule has 2 fully saturated rings. The van der Waals surface area contributed by atoms with Gasteiger partial charge >= 0.3 is 12.2 Å². The first-order valence-corrected chi connectivity index (χ1v) is 11.4. The monoisotopic (exact) mass is 485 g/mol. The minimum atomic E-state index is -1.13. The number of ether oxygens (including phenoxy) is 1. The van der Waals surface area contributed by atoms with Gasteiger partial charge in [-0.05, 0) is 51.7 Å². The summed E-state index contributed by atoms with van der Waals surface area (Å²) in [6, 6.07) is 4.87. The van der Waals surface area contributed by atoms with E-state index in [-0.39, 0.29) is 25.0 Å². The molecule has 3 rings (SSSR count). The number of rotatable bonds is 5. The third-order valence-corrected chi connectivity index (χ3v) is 6.29. The Kier molecular flexibility index (Phi) is 7.45. The van der Waals surface area contributed by atoms with Crippen molar-refractivity contribution in [3.8, 4) is 0 Å². The van der Waals surface area contributed by atoms with Crippen LogP contribution in [-0.2, 0) is 16.1 Å². The van der Waals surface area contributed by atoms with Crippen LogP contribution in [-0.4, -0.2) is 63.8 Å². The first-order valence-electron chi connectivity index (χ1n) is 10.7. The van der Waals surface area contributed by atoms with Gasteiger partial charge in [-0.2, -0.15) is 0 Å². The zero-order valence-electron chi connectivity index (χ0n) is 18.4. The van der Waals surface area contributed by atoms with Crippen molar-refractivity contribution in [2.24, 2.45) is 5.92 Å². The molecule has 8 nitrogen and oxygen atoms in total. The summed E-state index contributed by atoms with van der Waals surface area (Å²) in [6.45, 7) is 5.72. The number of carboxylic acid groups (broad SMARTS) is 1. The molecule has 1 aromatic carbocycles. The molecule has 2 N–H and O–H groups in total. The Bertz CT molecular complexity index is 885. The van der Waals surface area contributed by atoms with Gasteiger partial charge < -0.3 is 25.0 Å². The number of piperidine rings is 1. The van der Waals surface area contributed by atoms with E-state index in [0.717, 1.165) is 18.4 Å². The van der Waals surface area contributed by atoms with Crippen LogP contribution in [0.25, 0.3) is 0 Å². The number of carbonyl (C=O) groups is 3. The van der Waals surface area contributed by atoms with Gasteiger partial charge in [-0.15, -0.1) is 0 Å². The number of amides is 3. The number of alkyl carbamates (subject to hydrolysis) is 1. The second kappa shape index (κ2) is 9.75. The Hall–Kier alpha value is -2.19. The summed E-state index contributed by atoms with van der Waals surface area (Å²) in [5, 5.41) is 13.1. The van der Waals surface area contributed by atoms with E-state index in [2.05, 4.69) is 5.32 Å². The highest BCUT2D eigenvalue weighted by Crippen LogP contribution is 2.34. The van der Waals surface area contributed by atoms with Crippen molar-refractivity contribution in [2.75, 3.05) is 13.1 Å². The quantitative estimate of drug-likeness (QED) is 0.644. The van der Waals surface area contributed by atoms with E-state index in [4.69, 9.17) is 27.9 Å². The first kappa shape index (κ1) is 24.5. The van der Waals surface area contributed by atoms with Gasteiger partial charge in [0.25, 0.3) is 0 Å². The van der Waals surface area contributed by atoms with Gasteiger partial charge in [-0.1, -0.05) is 35.3 Å². The number of nitrogens with one attached hydrogen (secondary N) is 1. The Labute approximate surface area is 197 Å². The summed E-state index contributed by atoms with van der Waals surface area (Å²) < 4.78 is 5.29. The lowest BCUT2D eigenvalue weighted by Gasteiger charge is -2.38. The third kappa shape index (κ3) is 6.42. The summed E-state index contributed by atoms with van der Waals surface area (Å²) in [4.78, 5) is 40.3. The molecule has 176 valence electrons. The Balaban J connectivity index is 1.75. The normalized spacial score (nSPS) is 21.1. The average molecular weight is 486 g/mol. The van der Waals surface area contributed by atoms with Gasteiger partial charge in [-0.3, -0.25) is 4.79 Å². The molecular weight excluding hydrogens is 457 g/mol. The topological polar surface area (TPSA) is 99.2 Å². The van der Waals surface area contributed by atoms with Crippen LogP contribution >= 0.6 is 23.2 Å². The molecule has 1 heterocycles. The van der Waals surface area contributed by atoms with Crippen LogP contribution in [0.3, 0.4) is 0 Å². The minimum absolute atomic E-state index is 0.0766. The fourth-order valence-corrected chi connectivity index (χ4v) is 4.25. The predicted octanol–water partition coefficient (Wildman–Crippen LogP) is 4.38. The molecule has 0 aromatic heterocycles. The predicted molar refractivity (Wildman–Crippen MR) is 121 cm³/mol. The Morgan fingerprint density at radius 1 is 1.22 bits per heavy atom. The van der Waals surface area contributed by atoms with Gasteiger partial charge in [0.2, 0.25) is 5.91 Å². The number of hydrogen-bond donors (Lipinski definition) is 2. The van der Waals surface area contributed by atoms with Crippen LogP contribution in [0.5, 0.6) is 0 Å². The van der Waals surface area contributed by atoms with Crippen LogP contribution in [0.15, 0.2) is 18.2 Å². The molecular formula is C22H29Cl2N3O5. The van der Waals surface area contributed by atoms with Crippen molar-refractivity contribution < 1.29 is 24.2 Å². The van der Waals surface area contributed by atoms with Crippen LogP contribution in [0.2, 0.25) is 10.0 Å². The number of benzene rings is 1. The van der Waals surface area contributed by atoms with Gasteiger partial charge in [0.1, 0.15) is 5.60 Å². The molecule has 0 unspecified atom stereocenters. The minimum Gasteiger partial charge on any atom is -0.465 e. The second-order valence-electron chi connectivity index (χ2n) is 9.37. The molecule has 1 aromatic rings. The van der Waals surface area contributed by atoms with Crippen LogP contribution in [0.1, 0.15) is 45.6 Å². The zero-order valence-corrected chi connectivity index (χ0v) is 19.9. The molecule has 0 spiro atoms. The summed E-state index contributed by atoms with van der Waals surface area (Å²) in [5.41, 5.74) is 0.0631. The van der Waals surface area contributed by atoms with E-state index < -0.39 is 29.7 Å². The second-order valence-corrected chi connectivity index (χ2v) is 10.2. The molecule has 1 aliphatic heterocycles. The van der Waals surface area contributed by atoms with Gasteiger partial charge in [0.05, 0.1) is 22.0 Å². The van der Waals surface area contributed by atoms with Crippen molar-refractivity contribution in [2.45, 2.75) is 64.3 Å². The lowest BCUT2D eigenvalue weighted by molar-refractivity contribution is -0.138. The molecule has 10 heteroatoms. The first-order chi connectivity index (χ1) is 14.9. The van der Waals surface area contributed by atoms with E-state index in [0.29, 0.717) is 23.0 Å². The molecule has 2 aliphatic rings. The van der Waals surface area contributed by atoms with E-state index in [9.17, 15) is 19.5 Å². The molecule has 1 saturated heterocycles. The van der Waals surface area contributed by atoms with Gasteiger partial charge in [-0.25, -0.2) is 9.59 Å². The Morgan fingerprint density at radius 2 is 1.91 bits per heavy atom. The number of nitrogens with zero attached hydrogens (tertiary/aromatic N) is 2. The molecule has 2 atom stereocenters. The van der Waals surface area contributed by atoms with E-state index in [1.54, 1.807) is 37.8 Å². The maximum absolute atomic E-state index is 13.5. The lowest BCUT2D eigenvalue weighted by atomic mass is 9.92. The van der Waals surface area contributed by atoms with Crippen molar-refractivity contribution in [3.63, 3.8) is 0 Å². The highest BCUT2D eigenvalue weighted by atomic mass is 35.5. The smallest absolute Gasteiger partial charge is 0.407 e. The molecule has 3 amide bonds. The van der Waals surface area contributed by atoms with Crippen molar-refractivity contribution in [1.29, 1.82) is 0 Å². The molecule has 1 saturated carbocycles. The lowest BCUT2D eigenvalue weighted by Crippen LogP contribution is -2.56. The zero-order chi connectivity index (χ0) is 23.6. The van der Waals surface area contributed by atoms with Crippen molar-refractivity contribution in [1.82, 2.24) is 15.1 Å². The van der Waals surface area contributed by atoms with E-state index >= 15 is 0 Å². The van der Waals surface area contributed by atoms with Crippen LogP contribution in [0, 0.1) is 5.92 Å². The number of halogens is 2. The van der Waals surface area contributed by atoms with Crippen molar-refractivity contribution in [3.05, 3.63) is 33.8 Å². The number of carbonyl (C=O) groups excluding carboxylic acids is 2. The summed E-state index contributed by atoms with van der Waals surface area (Å²) >= 11 is 12.5. The van der Waals surface area contributed by atoms with E-state index in [1.807, 2.05) is 6.07 Å². The van der Waals surface area contributed by atoms with E-state index in [1.165, 1.54) is 4.90 Å². The summed E-state index contributed by atoms with van der Waals surface area (Å²) in [6.07, 6.45) is 0.339. The highest BCUT2D eigenvalue weighted by molar-refractivity contribution is 6.42. The van der Waals surface area contributed by atoms with Crippen molar-refractivity contribution >= 4 is 41.3 Å². The number of likely N-dealkylation sites (tertiary alicyclic amines) is 1. The molecule has 1 aliphatic carbocycles. The highest BCUT2D eigenvalue weighted by Gasteiger charge is 2.41. The standard InChI is InChI=1S/C22H29Cl2N3O5/c1-22(2,3)32-20(29)25-15-9-14(10-26(12-15)21(30)31)19(28)27(16-7-8-16)11-13-5-4-6-17(23)18(13)24/h4-6,14-16H,7-12H2,1-3H3,(H,25,29)(H,30,31)/t14-,15-/m1/s1. The largest absolute Gasteiger partial charge is 0.465 e.